The summed E-state index contributed by atoms with van der Waals surface area (Å²) in [5.41, 5.74) is 1.08. The highest BCUT2D eigenvalue weighted by atomic mass is 16.5. The van der Waals surface area contributed by atoms with Gasteiger partial charge in [0, 0.05) is 18.5 Å². The van der Waals surface area contributed by atoms with E-state index in [0.29, 0.717) is 23.0 Å². The third kappa shape index (κ3) is 3.20. The number of ether oxygens (including phenoxy) is 1. The first-order valence-electron chi connectivity index (χ1n) is 8.69. The van der Waals surface area contributed by atoms with Gasteiger partial charge in [-0.3, -0.25) is 4.79 Å². The van der Waals surface area contributed by atoms with Crippen LogP contribution in [-0.4, -0.2) is 36.1 Å². The van der Waals surface area contributed by atoms with Crippen LogP contribution >= 0.6 is 0 Å². The van der Waals surface area contributed by atoms with Gasteiger partial charge >= 0.3 is 0 Å². The van der Waals surface area contributed by atoms with Crippen LogP contribution in [0.3, 0.4) is 0 Å². The number of hydrogen-bond donors (Lipinski definition) is 1. The second kappa shape index (κ2) is 7.03. The average molecular weight is 352 g/mol. The molecular weight excluding hydrogens is 332 g/mol. The van der Waals surface area contributed by atoms with Crippen LogP contribution in [0.4, 0.5) is 11.6 Å². The Labute approximate surface area is 151 Å². The summed E-state index contributed by atoms with van der Waals surface area (Å²) in [6, 6.07) is 7.21. The van der Waals surface area contributed by atoms with Crippen molar-refractivity contribution in [3.05, 3.63) is 42.4 Å². The topological polar surface area (TPSA) is 80.5 Å². The number of piperidine rings is 1. The Kier molecular flexibility index (Phi) is 4.43. The first-order chi connectivity index (χ1) is 12.7. The van der Waals surface area contributed by atoms with Crippen molar-refractivity contribution in [1.29, 1.82) is 0 Å². The Bertz CT molecular complexity index is 914. The molecule has 0 bridgehead atoms. The number of rotatable bonds is 4. The first kappa shape index (κ1) is 16.4. The van der Waals surface area contributed by atoms with Crippen molar-refractivity contribution in [2.24, 2.45) is 0 Å². The standard InChI is InChI=1S/C19H20N4O3/c1-25-15-7-5-6-13-10-16(26-17(13)15)18(24)22-14-11-20-19(21-12-14)23-8-3-2-4-9-23/h5-7,10-12H,2-4,8-9H2,1H3,(H,22,24). The van der Waals surface area contributed by atoms with E-state index in [4.69, 9.17) is 9.15 Å². The number of nitrogens with one attached hydrogen (secondary N) is 1. The van der Waals surface area contributed by atoms with Crippen LogP contribution in [-0.2, 0) is 0 Å². The van der Waals surface area contributed by atoms with Crippen molar-refractivity contribution in [3.63, 3.8) is 0 Å². The summed E-state index contributed by atoms with van der Waals surface area (Å²) in [6.07, 6.45) is 6.83. The largest absolute Gasteiger partial charge is 0.493 e. The van der Waals surface area contributed by atoms with E-state index < -0.39 is 0 Å². The molecule has 3 aromatic rings. The summed E-state index contributed by atoms with van der Waals surface area (Å²) in [6.45, 7) is 1.96. The van der Waals surface area contributed by atoms with Crippen LogP contribution in [0.2, 0.25) is 0 Å². The molecule has 0 atom stereocenters. The highest BCUT2D eigenvalue weighted by Gasteiger charge is 2.16. The van der Waals surface area contributed by atoms with Gasteiger partial charge in [-0.15, -0.1) is 0 Å². The van der Waals surface area contributed by atoms with Crippen LogP contribution in [0.1, 0.15) is 29.8 Å². The van der Waals surface area contributed by atoms with E-state index in [2.05, 4.69) is 20.2 Å². The fraction of sp³-hybridized carbons (Fsp3) is 0.316. The molecule has 0 aliphatic carbocycles. The van der Waals surface area contributed by atoms with Gasteiger partial charge in [-0.05, 0) is 31.4 Å². The predicted octanol–water partition coefficient (Wildman–Crippen LogP) is 3.47. The van der Waals surface area contributed by atoms with E-state index in [1.165, 1.54) is 6.42 Å². The molecule has 2 aromatic heterocycles. The van der Waals surface area contributed by atoms with Gasteiger partial charge in [-0.1, -0.05) is 12.1 Å². The van der Waals surface area contributed by atoms with E-state index in [1.807, 2.05) is 12.1 Å². The fourth-order valence-electron chi connectivity index (χ4n) is 3.14. The van der Waals surface area contributed by atoms with Crippen molar-refractivity contribution in [3.8, 4) is 5.75 Å². The third-order valence-corrected chi connectivity index (χ3v) is 4.49. The minimum absolute atomic E-state index is 0.213. The zero-order chi connectivity index (χ0) is 17.9. The lowest BCUT2D eigenvalue weighted by Crippen LogP contribution is -2.30. The molecule has 0 radical (unpaired) electrons. The molecular formula is C19H20N4O3. The lowest BCUT2D eigenvalue weighted by molar-refractivity contribution is 0.0998. The number of aromatic nitrogens is 2. The first-order valence-corrected chi connectivity index (χ1v) is 8.69. The van der Waals surface area contributed by atoms with E-state index in [0.717, 1.165) is 31.3 Å². The van der Waals surface area contributed by atoms with Crippen LogP contribution < -0.4 is 15.0 Å². The fourth-order valence-corrected chi connectivity index (χ4v) is 3.14. The van der Waals surface area contributed by atoms with Crippen molar-refractivity contribution >= 4 is 28.5 Å². The molecule has 4 rings (SSSR count). The maximum Gasteiger partial charge on any atom is 0.291 e. The average Bonchev–Trinajstić information content (AvgIpc) is 3.14. The van der Waals surface area contributed by atoms with E-state index in [9.17, 15) is 4.79 Å². The number of amides is 1. The maximum atomic E-state index is 12.5. The second-order valence-electron chi connectivity index (χ2n) is 6.26. The molecule has 1 fully saturated rings. The molecule has 1 amide bonds. The number of hydrogen-bond acceptors (Lipinski definition) is 6. The number of methoxy groups -OCH3 is 1. The number of nitrogens with zero attached hydrogens (tertiary/aromatic N) is 3. The summed E-state index contributed by atoms with van der Waals surface area (Å²) in [5.74, 6) is 1.16. The molecule has 1 aliphatic heterocycles. The van der Waals surface area contributed by atoms with Gasteiger partial charge in [0.05, 0.1) is 25.2 Å². The minimum atomic E-state index is -0.349. The zero-order valence-corrected chi connectivity index (χ0v) is 14.6. The van der Waals surface area contributed by atoms with Crippen LogP contribution in [0.5, 0.6) is 5.75 Å². The van der Waals surface area contributed by atoms with Gasteiger partial charge < -0.3 is 19.4 Å². The molecule has 7 heteroatoms. The summed E-state index contributed by atoms with van der Waals surface area (Å²) in [4.78, 5) is 23.4. The van der Waals surface area contributed by atoms with Crippen LogP contribution in [0, 0.1) is 0 Å². The molecule has 3 heterocycles. The van der Waals surface area contributed by atoms with Gasteiger partial charge in [0.25, 0.3) is 5.91 Å². The number of anilines is 2. The lowest BCUT2D eigenvalue weighted by Gasteiger charge is -2.26. The molecule has 0 saturated carbocycles. The monoisotopic (exact) mass is 352 g/mol. The van der Waals surface area contributed by atoms with Crippen molar-refractivity contribution in [2.45, 2.75) is 19.3 Å². The van der Waals surface area contributed by atoms with Crippen molar-refractivity contribution in [1.82, 2.24) is 9.97 Å². The Hall–Kier alpha value is -3.09. The van der Waals surface area contributed by atoms with E-state index >= 15 is 0 Å². The molecule has 1 aliphatic rings. The van der Waals surface area contributed by atoms with Crippen molar-refractivity contribution in [2.75, 3.05) is 30.4 Å². The van der Waals surface area contributed by atoms with Gasteiger partial charge in [-0.25, -0.2) is 9.97 Å². The number of benzene rings is 1. The van der Waals surface area contributed by atoms with E-state index in [-0.39, 0.29) is 11.7 Å². The quantitative estimate of drug-likeness (QED) is 0.774. The second-order valence-corrected chi connectivity index (χ2v) is 6.26. The van der Waals surface area contributed by atoms with E-state index in [1.54, 1.807) is 31.6 Å². The normalized spacial score (nSPS) is 14.4. The molecule has 1 aromatic carbocycles. The van der Waals surface area contributed by atoms with Crippen LogP contribution in [0.25, 0.3) is 11.0 Å². The number of fused-ring (bicyclic) bond motifs is 1. The molecule has 0 spiro atoms. The summed E-state index contributed by atoms with van der Waals surface area (Å²) in [7, 11) is 1.57. The van der Waals surface area contributed by atoms with Gasteiger partial charge in [0.1, 0.15) is 0 Å². The molecule has 1 saturated heterocycles. The lowest BCUT2D eigenvalue weighted by atomic mass is 10.1. The molecule has 26 heavy (non-hydrogen) atoms. The van der Waals surface area contributed by atoms with Crippen molar-refractivity contribution < 1.29 is 13.9 Å². The van der Waals surface area contributed by atoms with Gasteiger partial charge in [-0.2, -0.15) is 0 Å². The van der Waals surface area contributed by atoms with Gasteiger partial charge in [0.2, 0.25) is 5.95 Å². The Morgan fingerprint density at radius 2 is 1.96 bits per heavy atom. The molecule has 134 valence electrons. The molecule has 7 nitrogen and oxygen atoms in total. The Morgan fingerprint density at radius 1 is 1.19 bits per heavy atom. The molecule has 0 unspecified atom stereocenters. The third-order valence-electron chi connectivity index (χ3n) is 4.49. The predicted molar refractivity (Wildman–Crippen MR) is 98.8 cm³/mol. The smallest absolute Gasteiger partial charge is 0.291 e. The molecule has 1 N–H and O–H groups in total. The maximum absolute atomic E-state index is 12.5. The SMILES string of the molecule is COc1cccc2cc(C(=O)Nc3cnc(N4CCCCC4)nc3)oc12. The number of carbonyl (C=O) groups excluding carboxylic acids is 1. The minimum Gasteiger partial charge on any atom is -0.493 e. The number of para-hydroxylation sites is 1. The number of furan rings is 1. The van der Waals surface area contributed by atoms with Crippen LogP contribution in [0.15, 0.2) is 41.1 Å². The number of carbonyl (C=O) groups is 1. The van der Waals surface area contributed by atoms with Gasteiger partial charge in [0.15, 0.2) is 17.1 Å². The summed E-state index contributed by atoms with van der Waals surface area (Å²) in [5, 5.41) is 3.58. The Morgan fingerprint density at radius 3 is 2.69 bits per heavy atom. The Balaban J connectivity index is 1.49. The highest BCUT2D eigenvalue weighted by molar-refractivity contribution is 6.05. The summed E-state index contributed by atoms with van der Waals surface area (Å²) < 4.78 is 10.9. The highest BCUT2D eigenvalue weighted by Crippen LogP contribution is 2.28. The zero-order valence-electron chi connectivity index (χ0n) is 14.6. The summed E-state index contributed by atoms with van der Waals surface area (Å²) >= 11 is 0.